The number of rotatable bonds is 2. The molecule has 0 radical (unpaired) electrons. The zero-order valence-corrected chi connectivity index (χ0v) is 13.1. The van der Waals surface area contributed by atoms with Crippen LogP contribution in [0.4, 0.5) is 13.2 Å². The van der Waals surface area contributed by atoms with Gasteiger partial charge in [-0.15, -0.1) is 0 Å². The summed E-state index contributed by atoms with van der Waals surface area (Å²) in [6.07, 6.45) is -3.35. The number of aryl methyl sites for hydroxylation is 2. The molecule has 1 aliphatic rings. The molecule has 24 heavy (non-hydrogen) atoms. The van der Waals surface area contributed by atoms with E-state index in [1.807, 2.05) is 6.92 Å². The number of aromatic amines is 1. The molecule has 1 amide bonds. The van der Waals surface area contributed by atoms with Crippen molar-refractivity contribution in [2.45, 2.75) is 19.2 Å². The third-order valence-corrected chi connectivity index (χ3v) is 3.77. The van der Waals surface area contributed by atoms with E-state index in [1.54, 1.807) is 6.20 Å². The van der Waals surface area contributed by atoms with Crippen LogP contribution in [0.15, 0.2) is 12.3 Å². The molecule has 1 saturated heterocycles. The summed E-state index contributed by atoms with van der Waals surface area (Å²) in [5, 5.41) is 3.70. The standard InChI is InChI=1S/C14H16F3N5O2/c1-8-6-18-12(19-8)10-7-22(3-4-24-10)13(23)9-5-11(14(15,16)17)21(2)20-9/h5-6,10H,3-4,7H2,1-2H3,(H,18,19)/t10-/m0/s1. The Morgan fingerprint density at radius 2 is 2.21 bits per heavy atom. The molecule has 0 unspecified atom stereocenters. The number of aromatic nitrogens is 4. The van der Waals surface area contributed by atoms with Gasteiger partial charge in [-0.3, -0.25) is 9.48 Å². The van der Waals surface area contributed by atoms with Crippen molar-refractivity contribution in [1.29, 1.82) is 0 Å². The number of morpholine rings is 1. The van der Waals surface area contributed by atoms with Crippen molar-refractivity contribution in [3.05, 3.63) is 35.2 Å². The molecule has 3 rings (SSSR count). The van der Waals surface area contributed by atoms with E-state index in [9.17, 15) is 18.0 Å². The summed E-state index contributed by atoms with van der Waals surface area (Å²) in [5.74, 6) is 0.0275. The lowest BCUT2D eigenvalue weighted by atomic mass is 10.2. The highest BCUT2D eigenvalue weighted by atomic mass is 19.4. The Bertz CT molecular complexity index is 752. The van der Waals surface area contributed by atoms with E-state index in [2.05, 4.69) is 15.1 Å². The summed E-state index contributed by atoms with van der Waals surface area (Å²) < 4.78 is 44.8. The summed E-state index contributed by atoms with van der Waals surface area (Å²) in [5.41, 5.74) is -0.338. The first-order valence-electron chi connectivity index (χ1n) is 7.29. The van der Waals surface area contributed by atoms with Crippen molar-refractivity contribution in [2.24, 2.45) is 7.05 Å². The Hall–Kier alpha value is -2.36. The van der Waals surface area contributed by atoms with E-state index in [4.69, 9.17) is 4.74 Å². The highest BCUT2D eigenvalue weighted by Crippen LogP contribution is 2.30. The molecule has 7 nitrogen and oxygen atoms in total. The number of alkyl halides is 3. The minimum absolute atomic E-state index is 0.198. The number of halogens is 3. The molecule has 1 fully saturated rings. The number of carbonyl (C=O) groups is 1. The van der Waals surface area contributed by atoms with Crippen LogP contribution in [0.25, 0.3) is 0 Å². The average molecular weight is 343 g/mol. The van der Waals surface area contributed by atoms with Crippen LogP contribution in [-0.2, 0) is 18.0 Å². The van der Waals surface area contributed by atoms with Gasteiger partial charge in [-0.1, -0.05) is 0 Å². The van der Waals surface area contributed by atoms with Crippen molar-refractivity contribution >= 4 is 5.91 Å². The summed E-state index contributed by atoms with van der Waals surface area (Å²) in [7, 11) is 1.16. The Morgan fingerprint density at radius 3 is 2.79 bits per heavy atom. The van der Waals surface area contributed by atoms with Gasteiger partial charge in [0.2, 0.25) is 0 Å². The third-order valence-electron chi connectivity index (χ3n) is 3.77. The fourth-order valence-corrected chi connectivity index (χ4v) is 2.59. The monoisotopic (exact) mass is 343 g/mol. The number of hydrogen-bond donors (Lipinski definition) is 1. The first-order valence-corrected chi connectivity index (χ1v) is 7.29. The summed E-state index contributed by atoms with van der Waals surface area (Å²) in [6.45, 7) is 2.60. The molecule has 0 aromatic carbocycles. The van der Waals surface area contributed by atoms with Crippen molar-refractivity contribution in [3.8, 4) is 0 Å². The number of amides is 1. The van der Waals surface area contributed by atoms with E-state index < -0.39 is 23.9 Å². The number of hydrogen-bond acceptors (Lipinski definition) is 4. The molecule has 2 aromatic heterocycles. The normalized spacial score (nSPS) is 18.9. The molecule has 3 heterocycles. The minimum atomic E-state index is -4.56. The molecule has 1 aliphatic heterocycles. The van der Waals surface area contributed by atoms with Crippen LogP contribution in [0.2, 0.25) is 0 Å². The van der Waals surface area contributed by atoms with Crippen molar-refractivity contribution in [1.82, 2.24) is 24.6 Å². The van der Waals surface area contributed by atoms with Gasteiger partial charge in [-0.25, -0.2) is 4.98 Å². The molecule has 130 valence electrons. The smallest absolute Gasteiger partial charge is 0.367 e. The van der Waals surface area contributed by atoms with Crippen molar-refractivity contribution in [3.63, 3.8) is 0 Å². The van der Waals surface area contributed by atoms with E-state index in [1.165, 1.54) is 4.90 Å². The first kappa shape index (κ1) is 16.5. The Balaban J connectivity index is 1.77. The number of imidazole rings is 1. The third kappa shape index (κ3) is 3.14. The van der Waals surface area contributed by atoms with Crippen LogP contribution in [-0.4, -0.2) is 50.3 Å². The van der Waals surface area contributed by atoms with E-state index >= 15 is 0 Å². The minimum Gasteiger partial charge on any atom is -0.367 e. The number of ether oxygens (including phenoxy) is 1. The van der Waals surface area contributed by atoms with Crippen LogP contribution in [0.1, 0.15) is 33.8 Å². The van der Waals surface area contributed by atoms with Gasteiger partial charge in [-0.2, -0.15) is 18.3 Å². The maximum Gasteiger partial charge on any atom is 0.433 e. The molecule has 0 spiro atoms. The van der Waals surface area contributed by atoms with Gasteiger partial charge in [0.05, 0.1) is 13.2 Å². The second-order valence-corrected chi connectivity index (χ2v) is 5.60. The number of nitrogens with zero attached hydrogens (tertiary/aromatic N) is 4. The molecule has 2 aromatic rings. The zero-order chi connectivity index (χ0) is 17.5. The lowest BCUT2D eigenvalue weighted by Gasteiger charge is -2.31. The second-order valence-electron chi connectivity index (χ2n) is 5.60. The largest absolute Gasteiger partial charge is 0.433 e. The molecule has 1 N–H and O–H groups in total. The topological polar surface area (TPSA) is 76.0 Å². The molecular weight excluding hydrogens is 327 g/mol. The van der Waals surface area contributed by atoms with Gasteiger partial charge >= 0.3 is 6.18 Å². The maximum atomic E-state index is 12.8. The summed E-state index contributed by atoms with van der Waals surface area (Å²) in [4.78, 5) is 21.1. The molecule has 0 bridgehead atoms. The van der Waals surface area contributed by atoms with Crippen LogP contribution in [0, 0.1) is 6.92 Å². The van der Waals surface area contributed by atoms with Gasteiger partial charge in [-0.05, 0) is 6.92 Å². The quantitative estimate of drug-likeness (QED) is 0.900. The predicted molar refractivity (Wildman–Crippen MR) is 76.1 cm³/mol. The number of H-pyrrole nitrogens is 1. The Morgan fingerprint density at radius 1 is 1.46 bits per heavy atom. The fraction of sp³-hybridized carbons (Fsp3) is 0.500. The predicted octanol–water partition coefficient (Wildman–Crippen LogP) is 1.68. The summed E-state index contributed by atoms with van der Waals surface area (Å²) >= 11 is 0. The molecular formula is C14H16F3N5O2. The molecule has 1 atom stereocenters. The molecule has 0 aliphatic carbocycles. The Kier molecular flexibility index (Phi) is 4.08. The van der Waals surface area contributed by atoms with Crippen molar-refractivity contribution in [2.75, 3.05) is 19.7 Å². The SMILES string of the molecule is Cc1cnc([C@@H]2CN(C(=O)c3cc(C(F)(F)F)n(C)n3)CCO2)[nH]1. The van der Waals surface area contributed by atoms with Gasteiger partial charge in [0.1, 0.15) is 17.6 Å². The first-order chi connectivity index (χ1) is 11.3. The van der Waals surface area contributed by atoms with Crippen LogP contribution >= 0.6 is 0 Å². The number of carbonyl (C=O) groups excluding carboxylic acids is 1. The highest BCUT2D eigenvalue weighted by molar-refractivity contribution is 5.92. The average Bonchev–Trinajstić information content (AvgIpc) is 3.12. The zero-order valence-electron chi connectivity index (χ0n) is 13.1. The Labute approximate surface area is 135 Å². The van der Waals surface area contributed by atoms with Gasteiger partial charge in [0, 0.05) is 31.5 Å². The lowest BCUT2D eigenvalue weighted by Crippen LogP contribution is -2.42. The lowest BCUT2D eigenvalue weighted by molar-refractivity contribution is -0.143. The van der Waals surface area contributed by atoms with Crippen molar-refractivity contribution < 1.29 is 22.7 Å². The summed E-state index contributed by atoms with van der Waals surface area (Å²) in [6, 6.07) is 0.768. The number of nitrogens with one attached hydrogen (secondary N) is 1. The van der Waals surface area contributed by atoms with Gasteiger partial charge in [0.25, 0.3) is 5.91 Å². The fourth-order valence-electron chi connectivity index (χ4n) is 2.59. The molecule has 10 heteroatoms. The van der Waals surface area contributed by atoms with Gasteiger partial charge in [0.15, 0.2) is 5.69 Å². The molecule has 0 saturated carbocycles. The van der Waals surface area contributed by atoms with Crippen LogP contribution in [0.3, 0.4) is 0 Å². The van der Waals surface area contributed by atoms with Gasteiger partial charge < -0.3 is 14.6 Å². The van der Waals surface area contributed by atoms with E-state index in [0.29, 0.717) is 10.5 Å². The highest BCUT2D eigenvalue weighted by Gasteiger charge is 2.37. The van der Waals surface area contributed by atoms with Crippen LogP contribution < -0.4 is 0 Å². The second kappa shape index (κ2) is 5.93. The van der Waals surface area contributed by atoms with Crippen LogP contribution in [0.5, 0.6) is 0 Å². The van der Waals surface area contributed by atoms with E-state index in [0.717, 1.165) is 18.8 Å². The maximum absolute atomic E-state index is 12.8. The van der Waals surface area contributed by atoms with E-state index in [-0.39, 0.29) is 25.4 Å².